The summed E-state index contributed by atoms with van der Waals surface area (Å²) in [5, 5.41) is 4.34. The second-order valence-corrected chi connectivity index (χ2v) is 8.50. The predicted molar refractivity (Wildman–Crippen MR) is 122 cm³/mol. The summed E-state index contributed by atoms with van der Waals surface area (Å²) in [7, 11) is 0. The molecule has 0 saturated heterocycles. The van der Waals surface area contributed by atoms with Gasteiger partial charge in [-0.05, 0) is 35.9 Å². The number of thiazole rings is 1. The molecule has 0 fully saturated rings. The molecular formula is C24H14FN5O2S. The molecule has 5 aromatic rings. The van der Waals surface area contributed by atoms with Gasteiger partial charge in [0, 0.05) is 23.5 Å². The molecule has 7 nitrogen and oxygen atoms in total. The number of hydrogen-bond donors (Lipinski definition) is 0. The number of aromatic nitrogens is 4. The van der Waals surface area contributed by atoms with Crippen molar-refractivity contribution < 1.29 is 9.18 Å². The maximum atomic E-state index is 13.5. The highest BCUT2D eigenvalue weighted by Gasteiger charge is 2.34. The summed E-state index contributed by atoms with van der Waals surface area (Å²) in [6.45, 7) is 0.264. The van der Waals surface area contributed by atoms with Gasteiger partial charge in [0.15, 0.2) is 5.82 Å². The van der Waals surface area contributed by atoms with Gasteiger partial charge in [0.05, 0.1) is 17.8 Å². The average molecular weight is 455 g/mol. The minimum Gasteiger partial charge on any atom is -0.303 e. The van der Waals surface area contributed by atoms with Gasteiger partial charge in [-0.15, -0.1) is 5.10 Å². The number of carbonyl (C=O) groups excluding carboxylic acids is 1. The summed E-state index contributed by atoms with van der Waals surface area (Å²) < 4.78 is 14.8. The molecule has 1 aliphatic rings. The van der Waals surface area contributed by atoms with Gasteiger partial charge in [0.1, 0.15) is 10.3 Å². The molecule has 3 aromatic heterocycles. The van der Waals surface area contributed by atoms with Crippen molar-refractivity contribution in [3.8, 4) is 11.4 Å². The monoisotopic (exact) mass is 455 g/mol. The number of nitrogens with zero attached hydrogens (tertiary/aromatic N) is 5. The molecule has 0 unspecified atom stereocenters. The Morgan fingerprint density at radius 1 is 0.970 bits per heavy atom. The molecule has 9 heteroatoms. The highest BCUT2D eigenvalue weighted by atomic mass is 32.1. The first-order valence-electron chi connectivity index (χ1n) is 10.1. The highest BCUT2D eigenvalue weighted by molar-refractivity contribution is 7.15. The van der Waals surface area contributed by atoms with E-state index in [2.05, 4.69) is 15.1 Å². The van der Waals surface area contributed by atoms with E-state index in [1.54, 1.807) is 35.5 Å². The van der Waals surface area contributed by atoms with Crippen molar-refractivity contribution in [2.75, 3.05) is 4.90 Å². The average Bonchev–Trinajstić information content (AvgIpc) is 3.47. The normalized spacial score (nSPS) is 14.8. The zero-order valence-electron chi connectivity index (χ0n) is 17.0. The van der Waals surface area contributed by atoms with E-state index in [-0.39, 0.29) is 23.8 Å². The topological polar surface area (TPSA) is 80.5 Å². The first-order valence-corrected chi connectivity index (χ1v) is 10.9. The lowest BCUT2D eigenvalue weighted by Gasteiger charge is -2.17. The molecule has 0 aliphatic carbocycles. The van der Waals surface area contributed by atoms with Gasteiger partial charge < -0.3 is 4.90 Å². The van der Waals surface area contributed by atoms with Crippen LogP contribution in [0.4, 0.5) is 10.1 Å². The maximum Gasteiger partial charge on any atom is 0.291 e. The van der Waals surface area contributed by atoms with E-state index in [1.807, 2.05) is 30.3 Å². The molecule has 160 valence electrons. The molecule has 1 amide bonds. The van der Waals surface area contributed by atoms with Crippen LogP contribution in [0.1, 0.15) is 11.1 Å². The largest absolute Gasteiger partial charge is 0.303 e. The van der Waals surface area contributed by atoms with Gasteiger partial charge in [-0.2, -0.15) is 9.50 Å². The molecule has 0 spiro atoms. The SMILES string of the molecule is O=C1/C(=c2\sc3nc(-c4cccnc4)nn3c2=O)c2ccccc2N1Cc1ccc(F)cc1. The molecule has 6 rings (SSSR count). The van der Waals surface area contributed by atoms with Crippen LogP contribution in [0.15, 0.2) is 77.9 Å². The number of rotatable bonds is 3. The van der Waals surface area contributed by atoms with E-state index in [0.717, 1.165) is 16.9 Å². The number of benzene rings is 2. The van der Waals surface area contributed by atoms with Crippen molar-refractivity contribution in [3.63, 3.8) is 0 Å². The Labute approximate surface area is 190 Å². The number of para-hydroxylation sites is 1. The Hall–Kier alpha value is -4.24. The van der Waals surface area contributed by atoms with Crippen molar-refractivity contribution in [2.24, 2.45) is 0 Å². The van der Waals surface area contributed by atoms with Crippen LogP contribution in [0.5, 0.6) is 0 Å². The Kier molecular flexibility index (Phi) is 4.37. The number of hydrogen-bond acceptors (Lipinski definition) is 6. The Morgan fingerprint density at radius 3 is 2.55 bits per heavy atom. The van der Waals surface area contributed by atoms with Crippen molar-refractivity contribution in [3.05, 3.63) is 105 Å². The van der Waals surface area contributed by atoms with Gasteiger partial charge in [-0.1, -0.05) is 41.7 Å². The third-order valence-corrected chi connectivity index (χ3v) is 6.51. The summed E-state index contributed by atoms with van der Waals surface area (Å²) >= 11 is 1.14. The fourth-order valence-electron chi connectivity index (χ4n) is 3.93. The summed E-state index contributed by atoms with van der Waals surface area (Å²) in [5.74, 6) is -0.219. The van der Waals surface area contributed by atoms with Crippen LogP contribution in [-0.2, 0) is 11.3 Å². The van der Waals surface area contributed by atoms with Crippen molar-refractivity contribution in [2.45, 2.75) is 6.54 Å². The number of amides is 1. The number of anilines is 1. The molecule has 0 atom stereocenters. The Balaban J connectivity index is 1.49. The van der Waals surface area contributed by atoms with E-state index >= 15 is 0 Å². The van der Waals surface area contributed by atoms with Crippen LogP contribution >= 0.6 is 11.3 Å². The summed E-state index contributed by atoms with van der Waals surface area (Å²) in [6, 6.07) is 16.9. The fraction of sp³-hybridized carbons (Fsp3) is 0.0417. The van der Waals surface area contributed by atoms with Gasteiger partial charge in [-0.25, -0.2) is 4.39 Å². The third-order valence-electron chi connectivity index (χ3n) is 5.48. The van der Waals surface area contributed by atoms with Gasteiger partial charge in [0.2, 0.25) is 4.96 Å². The van der Waals surface area contributed by atoms with Crippen molar-refractivity contribution in [1.29, 1.82) is 0 Å². The molecule has 1 aliphatic heterocycles. The molecule has 0 N–H and O–H groups in total. The standard InChI is InChI=1S/C24H14FN5O2S/c25-16-9-7-14(8-10-16)13-29-18-6-2-1-5-17(18)19(22(29)31)20-23(32)30-24(33-20)27-21(28-30)15-4-3-11-26-12-15/h1-12H,13H2/b20-19-. The minimum atomic E-state index is -0.389. The van der Waals surface area contributed by atoms with Crippen molar-refractivity contribution >= 4 is 33.5 Å². The van der Waals surface area contributed by atoms with Gasteiger partial charge in [-0.3, -0.25) is 14.6 Å². The summed E-state index contributed by atoms with van der Waals surface area (Å²) in [4.78, 5) is 37.3. The Bertz CT molecular complexity index is 1640. The zero-order valence-corrected chi connectivity index (χ0v) is 17.8. The third kappa shape index (κ3) is 3.13. The van der Waals surface area contributed by atoms with Gasteiger partial charge in [0.25, 0.3) is 11.5 Å². The molecule has 0 bridgehead atoms. The molecule has 4 heterocycles. The van der Waals surface area contributed by atoms with Crippen LogP contribution in [0.2, 0.25) is 0 Å². The lowest BCUT2D eigenvalue weighted by atomic mass is 10.1. The second-order valence-electron chi connectivity index (χ2n) is 7.52. The second kappa shape index (κ2) is 7.42. The smallest absolute Gasteiger partial charge is 0.291 e. The van der Waals surface area contributed by atoms with Crippen LogP contribution < -0.4 is 15.0 Å². The summed E-state index contributed by atoms with van der Waals surface area (Å²) in [5.41, 5.74) is 2.81. The fourth-order valence-corrected chi connectivity index (χ4v) is 4.93. The molecule has 33 heavy (non-hydrogen) atoms. The van der Waals surface area contributed by atoms with Gasteiger partial charge >= 0.3 is 0 Å². The lowest BCUT2D eigenvalue weighted by Crippen LogP contribution is -2.32. The van der Waals surface area contributed by atoms with E-state index in [9.17, 15) is 14.0 Å². The molecule has 0 saturated carbocycles. The number of pyridine rings is 1. The number of fused-ring (bicyclic) bond motifs is 2. The minimum absolute atomic E-state index is 0.264. The van der Waals surface area contributed by atoms with Crippen LogP contribution in [0.3, 0.4) is 0 Å². The van der Waals surface area contributed by atoms with E-state index in [1.165, 1.54) is 16.6 Å². The van der Waals surface area contributed by atoms with E-state index in [0.29, 0.717) is 37.7 Å². The van der Waals surface area contributed by atoms with E-state index < -0.39 is 0 Å². The quantitative estimate of drug-likeness (QED) is 0.418. The predicted octanol–water partition coefficient (Wildman–Crippen LogP) is 2.82. The number of carbonyl (C=O) groups is 1. The number of halogens is 1. The van der Waals surface area contributed by atoms with Crippen LogP contribution in [0.25, 0.3) is 21.9 Å². The molecular weight excluding hydrogens is 441 g/mol. The van der Waals surface area contributed by atoms with Crippen LogP contribution in [-0.4, -0.2) is 25.5 Å². The van der Waals surface area contributed by atoms with E-state index in [4.69, 9.17) is 0 Å². The summed E-state index contributed by atoms with van der Waals surface area (Å²) in [6.07, 6.45) is 3.28. The zero-order chi connectivity index (χ0) is 22.5. The first-order chi connectivity index (χ1) is 16.1. The highest BCUT2D eigenvalue weighted by Crippen LogP contribution is 2.36. The van der Waals surface area contributed by atoms with Crippen LogP contribution in [0, 0.1) is 5.82 Å². The first kappa shape index (κ1) is 19.4. The molecule has 2 aromatic carbocycles. The van der Waals surface area contributed by atoms with Crippen molar-refractivity contribution in [1.82, 2.24) is 19.6 Å². The molecule has 0 radical (unpaired) electrons. The maximum absolute atomic E-state index is 13.5. The lowest BCUT2D eigenvalue weighted by molar-refractivity contribution is -0.113. The Morgan fingerprint density at radius 2 is 1.79 bits per heavy atom.